The van der Waals surface area contributed by atoms with Crippen molar-refractivity contribution in [2.24, 2.45) is 0 Å². The van der Waals surface area contributed by atoms with Crippen LogP contribution in [0.4, 0.5) is 27.5 Å². The minimum absolute atomic E-state index is 0.308. The molecule has 2 fully saturated rings. The van der Waals surface area contributed by atoms with Crippen molar-refractivity contribution >= 4 is 56.3 Å². The molecule has 3 N–H and O–H groups in total. The van der Waals surface area contributed by atoms with Gasteiger partial charge in [0.25, 0.3) is 0 Å². The molecule has 0 amide bonds. The van der Waals surface area contributed by atoms with Gasteiger partial charge in [-0.1, -0.05) is 23.7 Å². The molecule has 0 saturated carbocycles. The van der Waals surface area contributed by atoms with Crippen LogP contribution in [0.2, 0.25) is 5.15 Å². The molecule has 6 rings (SSSR count). The van der Waals surface area contributed by atoms with E-state index in [0.717, 1.165) is 33.6 Å². The summed E-state index contributed by atoms with van der Waals surface area (Å²) in [6.07, 6.45) is 1.13. The van der Waals surface area contributed by atoms with Gasteiger partial charge in [0.2, 0.25) is 5.95 Å². The lowest BCUT2D eigenvalue weighted by Crippen LogP contribution is -2.55. The van der Waals surface area contributed by atoms with E-state index in [0.29, 0.717) is 54.8 Å². The first-order valence-electron chi connectivity index (χ1n) is 13.0. The number of anilines is 4. The molecule has 0 bridgehead atoms. The van der Waals surface area contributed by atoms with Crippen molar-refractivity contribution in [3.8, 4) is 0 Å². The first-order valence-corrected chi connectivity index (χ1v) is 14.2. The van der Waals surface area contributed by atoms with Gasteiger partial charge in [-0.25, -0.2) is 14.1 Å². The molecule has 3 aromatic heterocycles. The number of hydrogen-bond acceptors (Lipinski definition) is 9. The van der Waals surface area contributed by atoms with Gasteiger partial charge in [-0.05, 0) is 55.8 Å². The Hall–Kier alpha value is -2.83. The van der Waals surface area contributed by atoms with Crippen LogP contribution in [0.25, 0.3) is 10.2 Å². The summed E-state index contributed by atoms with van der Waals surface area (Å²) in [5, 5.41) is 24.7. The molecule has 2 aliphatic heterocycles. The van der Waals surface area contributed by atoms with E-state index in [4.69, 9.17) is 26.3 Å². The van der Waals surface area contributed by atoms with Crippen LogP contribution in [0.3, 0.4) is 0 Å². The number of benzene rings is 1. The van der Waals surface area contributed by atoms with Crippen molar-refractivity contribution in [2.75, 3.05) is 36.9 Å². The van der Waals surface area contributed by atoms with Crippen molar-refractivity contribution < 1.29 is 14.2 Å². The molecule has 2 aliphatic rings. The summed E-state index contributed by atoms with van der Waals surface area (Å²) in [5.74, 6) is 0.984. The number of aliphatic hydroxyl groups is 1. The molecule has 2 saturated heterocycles. The van der Waals surface area contributed by atoms with E-state index in [-0.39, 0.29) is 0 Å². The normalized spacial score (nSPS) is 20.8. The molecule has 12 heteroatoms. The van der Waals surface area contributed by atoms with Gasteiger partial charge in [0, 0.05) is 18.8 Å². The quantitative estimate of drug-likeness (QED) is 0.265. The lowest BCUT2D eigenvalue weighted by Gasteiger charge is -2.42. The largest absolute Gasteiger partial charge is 0.386 e. The molecule has 1 aromatic carbocycles. The standard InChI is InChI=1S/C27H31ClFN7O2S/c1-15-14-39-25-22(15)24(31-17-6-4-5-16(9-17)27(2,3)37)33-26(34-25)32-20-10-30-36(23(20)28)21-7-8-35(11-19(21)29)18-12-38-13-18/h4-6,9-10,14,18-19,21,37H,7-8,11-13H2,1-3H3,(H2,31,32,33,34)/t19-,21-/m0/s1. The maximum Gasteiger partial charge on any atom is 0.230 e. The van der Waals surface area contributed by atoms with E-state index in [1.165, 1.54) is 11.3 Å². The van der Waals surface area contributed by atoms with E-state index in [9.17, 15) is 5.11 Å². The molecule has 0 aliphatic carbocycles. The highest BCUT2D eigenvalue weighted by atomic mass is 35.5. The van der Waals surface area contributed by atoms with Crippen LogP contribution in [0.1, 0.15) is 37.4 Å². The van der Waals surface area contributed by atoms with Crippen molar-refractivity contribution in [3.63, 3.8) is 0 Å². The van der Waals surface area contributed by atoms with Gasteiger partial charge in [0.1, 0.15) is 16.8 Å². The fourth-order valence-electron chi connectivity index (χ4n) is 5.08. The molecule has 0 spiro atoms. The van der Waals surface area contributed by atoms with Gasteiger partial charge >= 0.3 is 0 Å². The Bertz CT molecular complexity index is 1500. The minimum Gasteiger partial charge on any atom is -0.386 e. The Morgan fingerprint density at radius 1 is 1.23 bits per heavy atom. The van der Waals surface area contributed by atoms with Gasteiger partial charge in [-0.15, -0.1) is 11.3 Å². The second-order valence-electron chi connectivity index (χ2n) is 10.7. The maximum atomic E-state index is 15.2. The summed E-state index contributed by atoms with van der Waals surface area (Å²) in [6, 6.07) is 7.48. The molecule has 39 heavy (non-hydrogen) atoms. The summed E-state index contributed by atoms with van der Waals surface area (Å²) in [7, 11) is 0. The molecule has 0 radical (unpaired) electrons. The number of rotatable bonds is 7. The smallest absolute Gasteiger partial charge is 0.230 e. The average Bonchev–Trinajstić information content (AvgIpc) is 3.40. The summed E-state index contributed by atoms with van der Waals surface area (Å²) in [6.45, 7) is 7.99. The fourth-order valence-corrected chi connectivity index (χ4v) is 6.27. The highest BCUT2D eigenvalue weighted by Crippen LogP contribution is 2.36. The van der Waals surface area contributed by atoms with E-state index in [1.807, 2.05) is 36.6 Å². The lowest BCUT2D eigenvalue weighted by molar-refractivity contribution is -0.0847. The molecule has 4 aromatic rings. The Kier molecular flexibility index (Phi) is 6.96. The van der Waals surface area contributed by atoms with Crippen LogP contribution in [-0.2, 0) is 10.3 Å². The van der Waals surface area contributed by atoms with Crippen LogP contribution in [0.5, 0.6) is 0 Å². The number of nitrogens with one attached hydrogen (secondary N) is 2. The molecule has 206 valence electrons. The minimum atomic E-state index is -1.08. The number of thiophene rings is 1. The first-order chi connectivity index (χ1) is 18.7. The number of ether oxygens (including phenoxy) is 1. The molecule has 5 heterocycles. The molecule has 0 unspecified atom stereocenters. The highest BCUT2D eigenvalue weighted by Gasteiger charge is 2.37. The van der Waals surface area contributed by atoms with E-state index < -0.39 is 17.8 Å². The number of fused-ring (bicyclic) bond motifs is 1. The van der Waals surface area contributed by atoms with Crippen molar-refractivity contribution in [2.45, 2.75) is 51.0 Å². The molecular formula is C27H31ClFN7O2S. The summed E-state index contributed by atoms with van der Waals surface area (Å²) >= 11 is 8.23. The number of piperidine rings is 1. The zero-order valence-electron chi connectivity index (χ0n) is 22.0. The SMILES string of the molecule is Cc1csc2nc(Nc3cnn([C@H]4CCN(C5COC5)C[C@@H]4F)c3Cl)nc(Nc3cccc(C(C)(C)O)c3)c12. The van der Waals surface area contributed by atoms with Crippen LogP contribution in [-0.4, -0.2) is 68.3 Å². The number of nitrogens with zero attached hydrogens (tertiary/aromatic N) is 5. The summed E-state index contributed by atoms with van der Waals surface area (Å²) < 4.78 is 22.0. The number of aromatic nitrogens is 4. The Morgan fingerprint density at radius 3 is 2.77 bits per heavy atom. The third-order valence-electron chi connectivity index (χ3n) is 7.42. The summed E-state index contributed by atoms with van der Waals surface area (Å²) in [5.41, 5.74) is 2.19. The first kappa shape index (κ1) is 26.4. The van der Waals surface area contributed by atoms with Crippen molar-refractivity contribution in [1.82, 2.24) is 24.6 Å². The van der Waals surface area contributed by atoms with Crippen molar-refractivity contribution in [1.29, 1.82) is 0 Å². The van der Waals surface area contributed by atoms with Gasteiger partial charge in [-0.2, -0.15) is 10.1 Å². The third-order valence-corrected chi connectivity index (χ3v) is 8.79. The van der Waals surface area contributed by atoms with Crippen molar-refractivity contribution in [3.05, 3.63) is 52.1 Å². The van der Waals surface area contributed by atoms with E-state index >= 15 is 4.39 Å². The second-order valence-corrected chi connectivity index (χ2v) is 12.0. The van der Waals surface area contributed by atoms with E-state index in [2.05, 4.69) is 20.6 Å². The van der Waals surface area contributed by atoms with Gasteiger partial charge in [0.05, 0.1) is 48.2 Å². The molecular weight excluding hydrogens is 541 g/mol. The Balaban J connectivity index is 1.25. The van der Waals surface area contributed by atoms with E-state index in [1.54, 1.807) is 24.7 Å². The van der Waals surface area contributed by atoms with Crippen LogP contribution < -0.4 is 10.6 Å². The monoisotopic (exact) mass is 571 g/mol. The lowest BCUT2D eigenvalue weighted by atomic mass is 9.98. The number of alkyl halides is 1. The van der Waals surface area contributed by atoms with Gasteiger partial charge < -0.3 is 20.5 Å². The third kappa shape index (κ3) is 5.21. The maximum absolute atomic E-state index is 15.2. The molecule has 2 atom stereocenters. The number of likely N-dealkylation sites (tertiary alicyclic amines) is 1. The van der Waals surface area contributed by atoms with Crippen LogP contribution in [0.15, 0.2) is 35.8 Å². The fraction of sp³-hybridized carbons (Fsp3) is 0.444. The van der Waals surface area contributed by atoms with Gasteiger partial charge in [0.15, 0.2) is 5.15 Å². The second kappa shape index (κ2) is 10.3. The summed E-state index contributed by atoms with van der Waals surface area (Å²) in [4.78, 5) is 12.4. The highest BCUT2D eigenvalue weighted by molar-refractivity contribution is 7.17. The van der Waals surface area contributed by atoms with Gasteiger partial charge in [-0.3, -0.25) is 4.90 Å². The number of hydrogen-bond donors (Lipinski definition) is 3. The predicted octanol–water partition coefficient (Wildman–Crippen LogP) is 5.55. The Labute approximate surface area is 235 Å². The van der Waals surface area contributed by atoms with Crippen LogP contribution in [0, 0.1) is 6.92 Å². The zero-order valence-corrected chi connectivity index (χ0v) is 23.6. The average molecular weight is 572 g/mol. The molecule has 9 nitrogen and oxygen atoms in total. The predicted molar refractivity (Wildman–Crippen MR) is 152 cm³/mol. The zero-order chi connectivity index (χ0) is 27.3. The Morgan fingerprint density at radius 2 is 2.05 bits per heavy atom. The van der Waals surface area contributed by atoms with Crippen LogP contribution >= 0.6 is 22.9 Å². The number of aryl methyl sites for hydroxylation is 1. The number of halogens is 2. The topological polar surface area (TPSA) is 100 Å².